The average Bonchev–Trinajstić information content (AvgIpc) is 3.25. The Labute approximate surface area is 152 Å². The lowest BCUT2D eigenvalue weighted by atomic mass is 10.0. The van der Waals surface area contributed by atoms with Gasteiger partial charge in [-0.2, -0.15) is 5.10 Å². The predicted octanol–water partition coefficient (Wildman–Crippen LogP) is 4.19. The topological polar surface area (TPSA) is 69.6 Å². The van der Waals surface area contributed by atoms with Crippen LogP contribution in [0.1, 0.15) is 10.4 Å². The highest BCUT2D eigenvalue weighted by Crippen LogP contribution is 2.25. The Morgan fingerprint density at radius 1 is 1.08 bits per heavy atom. The van der Waals surface area contributed by atoms with E-state index in [-0.39, 0.29) is 10.7 Å². The summed E-state index contributed by atoms with van der Waals surface area (Å²) in [6, 6.07) is 15.6. The van der Waals surface area contributed by atoms with Gasteiger partial charge in [0.2, 0.25) is 0 Å². The van der Waals surface area contributed by atoms with Gasteiger partial charge in [-0.3, -0.25) is 9.78 Å². The van der Waals surface area contributed by atoms with Crippen LogP contribution in [0.15, 0.2) is 75.2 Å². The molecule has 1 aliphatic rings. The fraction of sp³-hybridized carbons (Fsp3) is 0. The quantitative estimate of drug-likeness (QED) is 0.729. The van der Waals surface area contributed by atoms with Crippen molar-refractivity contribution in [1.82, 2.24) is 4.98 Å². The maximum absolute atomic E-state index is 13.1. The van der Waals surface area contributed by atoms with Gasteiger partial charge < -0.3 is 5.32 Å². The van der Waals surface area contributed by atoms with E-state index < -0.39 is 0 Å². The SMILES string of the molecule is O=c1[nH]c(Nc2ccc(F)cc2)c(C=C2C=NN=C2c2ccccc2)s1. The molecule has 128 valence electrons. The molecule has 1 aliphatic heterocycles. The van der Waals surface area contributed by atoms with Crippen molar-refractivity contribution < 1.29 is 4.39 Å². The highest BCUT2D eigenvalue weighted by atomic mass is 32.1. The van der Waals surface area contributed by atoms with Gasteiger partial charge in [-0.15, -0.1) is 5.10 Å². The van der Waals surface area contributed by atoms with Crippen LogP contribution >= 0.6 is 11.3 Å². The van der Waals surface area contributed by atoms with E-state index in [0.29, 0.717) is 16.4 Å². The van der Waals surface area contributed by atoms with Crippen LogP contribution in [0.2, 0.25) is 0 Å². The first kappa shape index (κ1) is 16.2. The lowest BCUT2D eigenvalue weighted by Gasteiger charge is -2.06. The molecular weight excluding hydrogens is 351 g/mol. The Hall–Kier alpha value is -3.32. The number of hydrogen-bond donors (Lipinski definition) is 2. The van der Waals surface area contributed by atoms with Crippen LogP contribution in [0.3, 0.4) is 0 Å². The number of H-pyrrole nitrogens is 1. The molecule has 0 bridgehead atoms. The number of halogens is 1. The van der Waals surface area contributed by atoms with Gasteiger partial charge in [0.15, 0.2) is 0 Å². The number of nitrogens with one attached hydrogen (secondary N) is 2. The summed E-state index contributed by atoms with van der Waals surface area (Å²) in [5, 5.41) is 11.3. The van der Waals surface area contributed by atoms with E-state index in [4.69, 9.17) is 0 Å². The fourth-order valence-corrected chi connectivity index (χ4v) is 3.29. The summed E-state index contributed by atoms with van der Waals surface area (Å²) >= 11 is 1.08. The minimum Gasteiger partial charge on any atom is -0.341 e. The molecule has 7 heteroatoms. The van der Waals surface area contributed by atoms with Gasteiger partial charge in [0.1, 0.15) is 17.3 Å². The predicted molar refractivity (Wildman–Crippen MR) is 104 cm³/mol. The second kappa shape index (κ2) is 6.89. The molecule has 2 heterocycles. The third-order valence-electron chi connectivity index (χ3n) is 3.75. The first-order valence-corrected chi connectivity index (χ1v) is 8.65. The average molecular weight is 364 g/mol. The summed E-state index contributed by atoms with van der Waals surface area (Å²) in [6.45, 7) is 0. The van der Waals surface area contributed by atoms with Crippen molar-refractivity contribution in [1.29, 1.82) is 0 Å². The molecule has 5 nitrogen and oxygen atoms in total. The van der Waals surface area contributed by atoms with Crippen molar-refractivity contribution >= 4 is 40.8 Å². The van der Waals surface area contributed by atoms with E-state index in [1.54, 1.807) is 18.3 Å². The second-order valence-corrected chi connectivity index (χ2v) is 6.56. The zero-order valence-corrected chi connectivity index (χ0v) is 14.3. The number of aromatic nitrogens is 1. The third-order valence-corrected chi connectivity index (χ3v) is 4.58. The Morgan fingerprint density at radius 3 is 2.62 bits per heavy atom. The van der Waals surface area contributed by atoms with E-state index in [1.165, 1.54) is 12.1 Å². The molecule has 2 aromatic carbocycles. The van der Waals surface area contributed by atoms with E-state index in [1.807, 2.05) is 36.4 Å². The monoisotopic (exact) mass is 364 g/mol. The van der Waals surface area contributed by atoms with E-state index in [2.05, 4.69) is 20.5 Å². The van der Waals surface area contributed by atoms with Crippen molar-refractivity contribution in [2.45, 2.75) is 0 Å². The first-order chi connectivity index (χ1) is 12.7. The molecule has 0 fully saturated rings. The maximum Gasteiger partial charge on any atom is 0.306 e. The minimum atomic E-state index is -0.317. The summed E-state index contributed by atoms with van der Waals surface area (Å²) in [7, 11) is 0. The number of thiazole rings is 1. The van der Waals surface area contributed by atoms with Crippen molar-refractivity contribution in [3.63, 3.8) is 0 Å². The third kappa shape index (κ3) is 3.38. The number of allylic oxidation sites excluding steroid dienone is 1. The number of aromatic amines is 1. The number of benzene rings is 2. The van der Waals surface area contributed by atoms with Crippen LogP contribution in [0.25, 0.3) is 6.08 Å². The fourth-order valence-electron chi connectivity index (χ4n) is 2.55. The molecule has 1 aromatic heterocycles. The molecule has 0 unspecified atom stereocenters. The van der Waals surface area contributed by atoms with Crippen LogP contribution in [-0.4, -0.2) is 16.9 Å². The summed E-state index contributed by atoms with van der Waals surface area (Å²) in [6.07, 6.45) is 3.52. The van der Waals surface area contributed by atoms with Gasteiger partial charge in [-0.05, 0) is 30.3 Å². The summed E-state index contributed by atoms with van der Waals surface area (Å²) in [5.41, 5.74) is 3.19. The lowest BCUT2D eigenvalue weighted by molar-refractivity contribution is 0.628. The van der Waals surface area contributed by atoms with Crippen LogP contribution < -0.4 is 10.2 Å². The summed E-state index contributed by atoms with van der Waals surface area (Å²) in [4.78, 5) is 15.1. The van der Waals surface area contributed by atoms with E-state index in [0.717, 1.165) is 28.2 Å². The second-order valence-electron chi connectivity index (χ2n) is 5.54. The molecule has 3 aromatic rings. The van der Waals surface area contributed by atoms with Gasteiger partial charge >= 0.3 is 4.87 Å². The zero-order chi connectivity index (χ0) is 17.9. The molecule has 0 radical (unpaired) electrons. The highest BCUT2D eigenvalue weighted by molar-refractivity contribution is 7.10. The van der Waals surface area contributed by atoms with E-state index >= 15 is 0 Å². The Kier molecular flexibility index (Phi) is 4.28. The molecule has 0 saturated heterocycles. The molecule has 0 atom stereocenters. The molecular formula is C19H13FN4OS. The van der Waals surface area contributed by atoms with Crippen molar-refractivity contribution in [2.24, 2.45) is 10.2 Å². The Bertz CT molecular complexity index is 1080. The lowest BCUT2D eigenvalue weighted by Crippen LogP contribution is -2.02. The molecule has 4 rings (SSSR count). The van der Waals surface area contributed by atoms with Crippen LogP contribution in [-0.2, 0) is 0 Å². The molecule has 0 aliphatic carbocycles. The maximum atomic E-state index is 13.1. The largest absolute Gasteiger partial charge is 0.341 e. The Morgan fingerprint density at radius 2 is 1.85 bits per heavy atom. The number of nitrogens with zero attached hydrogens (tertiary/aromatic N) is 2. The Balaban J connectivity index is 1.67. The van der Waals surface area contributed by atoms with Crippen LogP contribution in [0.5, 0.6) is 0 Å². The van der Waals surface area contributed by atoms with Crippen molar-refractivity contribution in [3.8, 4) is 0 Å². The van der Waals surface area contributed by atoms with Crippen molar-refractivity contribution in [2.75, 3.05) is 5.32 Å². The van der Waals surface area contributed by atoms with Crippen LogP contribution in [0, 0.1) is 5.82 Å². The molecule has 26 heavy (non-hydrogen) atoms. The van der Waals surface area contributed by atoms with Gasteiger partial charge in [0, 0.05) is 16.8 Å². The normalized spacial score (nSPS) is 14.7. The molecule has 0 spiro atoms. The van der Waals surface area contributed by atoms with Gasteiger partial charge in [-0.25, -0.2) is 4.39 Å². The summed E-state index contributed by atoms with van der Waals surface area (Å²) < 4.78 is 13.1. The zero-order valence-electron chi connectivity index (χ0n) is 13.4. The van der Waals surface area contributed by atoms with Crippen LogP contribution in [0.4, 0.5) is 15.9 Å². The van der Waals surface area contributed by atoms with Gasteiger partial charge in [0.05, 0.1) is 11.1 Å². The van der Waals surface area contributed by atoms with Gasteiger partial charge in [0.25, 0.3) is 0 Å². The molecule has 0 saturated carbocycles. The number of rotatable bonds is 4. The summed E-state index contributed by atoms with van der Waals surface area (Å²) in [5.74, 6) is 0.231. The highest BCUT2D eigenvalue weighted by Gasteiger charge is 2.15. The molecule has 2 N–H and O–H groups in total. The standard InChI is InChI=1S/C19H13FN4OS/c20-14-6-8-15(9-7-14)22-18-16(26-19(25)23-18)10-13-11-21-24-17(13)12-4-2-1-3-5-12/h1-11,22H,(H,23,25). The smallest absolute Gasteiger partial charge is 0.306 e. The minimum absolute atomic E-state index is 0.186. The first-order valence-electron chi connectivity index (χ1n) is 7.83. The molecule has 0 amide bonds. The van der Waals surface area contributed by atoms with Gasteiger partial charge in [-0.1, -0.05) is 41.7 Å². The number of hydrogen-bond acceptors (Lipinski definition) is 5. The van der Waals surface area contributed by atoms with Crippen molar-refractivity contribution in [3.05, 3.63) is 86.1 Å². The van der Waals surface area contributed by atoms with E-state index in [9.17, 15) is 9.18 Å². The number of anilines is 2.